The zero-order valence-corrected chi connectivity index (χ0v) is 17.4. The number of thioether (sulfide) groups is 1. The van der Waals surface area contributed by atoms with Crippen LogP contribution in [0.5, 0.6) is 11.5 Å². The standard InChI is InChI=1S/C23H20N2O4S/c1-28-16-8-9-21(29-2)18(12-16)17-13-20(15-6-4-3-5-7-15)25-23(19(17)14-24)30-11-10-22(26)27/h3-9,12-13H,10-11H2,1-2H3,(H,26,27). The lowest BCUT2D eigenvalue weighted by atomic mass is 9.98. The molecule has 0 aliphatic heterocycles. The van der Waals surface area contributed by atoms with E-state index in [-0.39, 0.29) is 6.42 Å². The summed E-state index contributed by atoms with van der Waals surface area (Å²) in [6, 6.07) is 19.1. The average molecular weight is 420 g/mol. The quantitative estimate of drug-likeness (QED) is 0.520. The first-order valence-electron chi connectivity index (χ1n) is 9.15. The number of nitrogens with zero attached hydrogens (tertiary/aromatic N) is 2. The van der Waals surface area contributed by atoms with Gasteiger partial charge in [0.25, 0.3) is 0 Å². The lowest BCUT2D eigenvalue weighted by molar-refractivity contribution is -0.136. The van der Waals surface area contributed by atoms with E-state index in [4.69, 9.17) is 14.6 Å². The summed E-state index contributed by atoms with van der Waals surface area (Å²) in [6.07, 6.45) is -0.0232. The van der Waals surface area contributed by atoms with Crippen molar-refractivity contribution in [2.75, 3.05) is 20.0 Å². The van der Waals surface area contributed by atoms with Gasteiger partial charge in [-0.3, -0.25) is 4.79 Å². The van der Waals surface area contributed by atoms with Crippen molar-refractivity contribution in [2.24, 2.45) is 0 Å². The monoisotopic (exact) mass is 420 g/mol. The van der Waals surface area contributed by atoms with Crippen molar-refractivity contribution in [3.8, 4) is 40.0 Å². The Labute approximate surface area is 179 Å². The molecule has 1 N–H and O–H groups in total. The molecule has 0 radical (unpaired) electrons. The number of aromatic nitrogens is 1. The molecule has 2 aromatic carbocycles. The van der Waals surface area contributed by atoms with Crippen molar-refractivity contribution in [3.05, 3.63) is 60.2 Å². The molecule has 0 atom stereocenters. The summed E-state index contributed by atoms with van der Waals surface area (Å²) in [5.74, 6) is 0.644. The van der Waals surface area contributed by atoms with Crippen LogP contribution in [0, 0.1) is 11.3 Å². The molecule has 6 nitrogen and oxygen atoms in total. The van der Waals surface area contributed by atoms with E-state index in [1.54, 1.807) is 26.4 Å². The summed E-state index contributed by atoms with van der Waals surface area (Å²) in [6.45, 7) is 0. The number of pyridine rings is 1. The zero-order valence-electron chi connectivity index (χ0n) is 16.6. The first-order chi connectivity index (χ1) is 14.6. The van der Waals surface area contributed by atoms with E-state index in [0.29, 0.717) is 44.7 Å². The topological polar surface area (TPSA) is 92.4 Å². The van der Waals surface area contributed by atoms with E-state index >= 15 is 0 Å². The number of nitriles is 1. The van der Waals surface area contributed by atoms with Crippen LogP contribution in [0.25, 0.3) is 22.4 Å². The van der Waals surface area contributed by atoms with Crippen LogP contribution in [-0.2, 0) is 4.79 Å². The highest BCUT2D eigenvalue weighted by Gasteiger charge is 2.19. The second-order valence-electron chi connectivity index (χ2n) is 6.27. The summed E-state index contributed by atoms with van der Waals surface area (Å²) < 4.78 is 10.9. The average Bonchev–Trinajstić information content (AvgIpc) is 2.78. The van der Waals surface area contributed by atoms with Crippen LogP contribution in [0.15, 0.2) is 59.6 Å². The van der Waals surface area contributed by atoms with Gasteiger partial charge < -0.3 is 14.6 Å². The fourth-order valence-electron chi connectivity index (χ4n) is 2.96. The minimum atomic E-state index is -0.894. The number of carboxylic acids is 1. The Morgan fingerprint density at radius 3 is 2.50 bits per heavy atom. The van der Waals surface area contributed by atoms with Crippen molar-refractivity contribution < 1.29 is 19.4 Å². The summed E-state index contributed by atoms with van der Waals surface area (Å²) in [4.78, 5) is 15.6. The fraction of sp³-hybridized carbons (Fsp3) is 0.174. The molecule has 3 rings (SSSR count). The van der Waals surface area contributed by atoms with Gasteiger partial charge in [-0.2, -0.15) is 5.26 Å². The molecule has 0 amide bonds. The predicted octanol–water partition coefficient (Wildman–Crippen LogP) is 4.87. The summed E-state index contributed by atoms with van der Waals surface area (Å²) in [5, 5.41) is 19.4. The molecule has 3 aromatic rings. The molecule has 0 unspecified atom stereocenters. The highest BCUT2D eigenvalue weighted by Crippen LogP contribution is 2.39. The number of methoxy groups -OCH3 is 2. The van der Waals surface area contributed by atoms with Gasteiger partial charge in [-0.05, 0) is 24.3 Å². The van der Waals surface area contributed by atoms with Crippen molar-refractivity contribution in [2.45, 2.75) is 11.4 Å². The minimum Gasteiger partial charge on any atom is -0.497 e. The molecular weight excluding hydrogens is 400 g/mol. The van der Waals surface area contributed by atoms with Crippen molar-refractivity contribution >= 4 is 17.7 Å². The van der Waals surface area contributed by atoms with Gasteiger partial charge in [-0.25, -0.2) is 4.98 Å². The molecule has 152 valence electrons. The highest BCUT2D eigenvalue weighted by molar-refractivity contribution is 7.99. The Morgan fingerprint density at radius 2 is 1.87 bits per heavy atom. The molecule has 7 heteroatoms. The third-order valence-corrected chi connectivity index (χ3v) is 5.40. The number of benzene rings is 2. The van der Waals surface area contributed by atoms with Crippen molar-refractivity contribution in [1.82, 2.24) is 4.98 Å². The summed E-state index contributed by atoms with van der Waals surface area (Å²) in [5.41, 5.74) is 3.31. The van der Waals surface area contributed by atoms with Gasteiger partial charge in [-0.1, -0.05) is 30.3 Å². The second-order valence-corrected chi connectivity index (χ2v) is 7.36. The normalized spacial score (nSPS) is 10.3. The fourth-order valence-corrected chi connectivity index (χ4v) is 3.90. The van der Waals surface area contributed by atoms with Gasteiger partial charge in [0.05, 0.1) is 31.9 Å². The highest BCUT2D eigenvalue weighted by atomic mass is 32.2. The number of ether oxygens (including phenoxy) is 2. The Balaban J connectivity index is 2.23. The lowest BCUT2D eigenvalue weighted by Gasteiger charge is -2.15. The second kappa shape index (κ2) is 9.81. The maximum absolute atomic E-state index is 10.9. The van der Waals surface area contributed by atoms with Gasteiger partial charge in [0.1, 0.15) is 22.6 Å². The van der Waals surface area contributed by atoms with Crippen LogP contribution in [-0.4, -0.2) is 36.0 Å². The van der Waals surface area contributed by atoms with E-state index in [0.717, 1.165) is 5.56 Å². The largest absolute Gasteiger partial charge is 0.497 e. The van der Waals surface area contributed by atoms with Crippen LogP contribution in [0.4, 0.5) is 0 Å². The molecule has 1 aromatic heterocycles. The number of carbonyl (C=O) groups is 1. The van der Waals surface area contributed by atoms with Gasteiger partial charge in [0.15, 0.2) is 0 Å². The van der Waals surface area contributed by atoms with Crippen LogP contribution < -0.4 is 9.47 Å². The van der Waals surface area contributed by atoms with Crippen molar-refractivity contribution in [1.29, 1.82) is 5.26 Å². The number of hydrogen-bond donors (Lipinski definition) is 1. The molecule has 0 aliphatic rings. The Hall–Kier alpha value is -3.50. The first kappa shape index (κ1) is 21.2. The predicted molar refractivity (Wildman–Crippen MR) is 116 cm³/mol. The number of hydrogen-bond acceptors (Lipinski definition) is 6. The summed E-state index contributed by atoms with van der Waals surface area (Å²) >= 11 is 1.25. The van der Waals surface area contributed by atoms with E-state index in [1.807, 2.05) is 42.5 Å². The van der Waals surface area contributed by atoms with Gasteiger partial charge in [0, 0.05) is 22.4 Å². The van der Waals surface area contributed by atoms with Crippen LogP contribution in [0.1, 0.15) is 12.0 Å². The number of carboxylic acid groups (broad SMARTS) is 1. The molecule has 0 saturated carbocycles. The molecular formula is C23H20N2O4S. The molecule has 0 fully saturated rings. The Kier molecular flexibility index (Phi) is 6.94. The van der Waals surface area contributed by atoms with E-state index < -0.39 is 5.97 Å². The molecule has 0 spiro atoms. The maximum atomic E-state index is 10.9. The van der Waals surface area contributed by atoms with Gasteiger partial charge >= 0.3 is 5.97 Å². The molecule has 0 bridgehead atoms. The molecule has 0 aliphatic carbocycles. The first-order valence-corrected chi connectivity index (χ1v) is 10.1. The minimum absolute atomic E-state index is 0.0232. The van der Waals surface area contributed by atoms with E-state index in [1.165, 1.54) is 11.8 Å². The Bertz CT molecular complexity index is 1090. The van der Waals surface area contributed by atoms with Crippen LogP contribution >= 0.6 is 11.8 Å². The number of rotatable bonds is 8. The van der Waals surface area contributed by atoms with Crippen molar-refractivity contribution in [3.63, 3.8) is 0 Å². The SMILES string of the molecule is COc1ccc(OC)c(-c2cc(-c3ccccc3)nc(SCCC(=O)O)c2C#N)c1. The smallest absolute Gasteiger partial charge is 0.304 e. The molecule has 30 heavy (non-hydrogen) atoms. The van der Waals surface area contributed by atoms with E-state index in [9.17, 15) is 10.1 Å². The van der Waals surface area contributed by atoms with Gasteiger partial charge in [0.2, 0.25) is 0 Å². The third kappa shape index (κ3) is 4.73. The summed E-state index contributed by atoms with van der Waals surface area (Å²) in [7, 11) is 3.14. The maximum Gasteiger partial charge on any atom is 0.304 e. The zero-order chi connectivity index (χ0) is 21.5. The molecule has 1 heterocycles. The van der Waals surface area contributed by atoms with E-state index in [2.05, 4.69) is 11.1 Å². The van der Waals surface area contributed by atoms with Crippen LogP contribution in [0.2, 0.25) is 0 Å². The third-order valence-electron chi connectivity index (χ3n) is 4.42. The van der Waals surface area contributed by atoms with Gasteiger partial charge in [-0.15, -0.1) is 11.8 Å². The lowest BCUT2D eigenvalue weighted by Crippen LogP contribution is -2.00. The van der Waals surface area contributed by atoms with Crippen LogP contribution in [0.3, 0.4) is 0 Å². The number of aliphatic carboxylic acids is 1. The Morgan fingerprint density at radius 1 is 1.10 bits per heavy atom. The molecule has 0 saturated heterocycles.